The lowest BCUT2D eigenvalue weighted by atomic mass is 10.2. The van der Waals surface area contributed by atoms with E-state index in [9.17, 15) is 4.79 Å². The van der Waals surface area contributed by atoms with Gasteiger partial charge in [-0.2, -0.15) is 0 Å². The van der Waals surface area contributed by atoms with E-state index in [0.29, 0.717) is 24.5 Å². The highest BCUT2D eigenvalue weighted by atomic mass is 16.5. The number of ether oxygens (including phenoxy) is 2. The first-order valence-electron chi connectivity index (χ1n) is 7.36. The van der Waals surface area contributed by atoms with Gasteiger partial charge in [0, 0.05) is 19.2 Å². The standard InChI is InChI=1S/C17H19N3O3/c1-22-12-7-8-15-14(11-12)18-9-10-20(15)17(21)19-13-5-3-4-6-16(13)23-2/h3-8,11,18H,9-10H2,1-2H3,(H,19,21). The third-order valence-electron chi connectivity index (χ3n) is 3.74. The van der Waals surface area contributed by atoms with Crippen molar-refractivity contribution in [3.05, 3.63) is 42.5 Å². The molecular formula is C17H19N3O3. The summed E-state index contributed by atoms with van der Waals surface area (Å²) in [5.41, 5.74) is 2.35. The van der Waals surface area contributed by atoms with Crippen LogP contribution in [0, 0.1) is 0 Å². The first kappa shape index (κ1) is 15.0. The van der Waals surface area contributed by atoms with Crippen molar-refractivity contribution in [1.29, 1.82) is 0 Å². The molecule has 23 heavy (non-hydrogen) atoms. The van der Waals surface area contributed by atoms with Gasteiger partial charge in [0.15, 0.2) is 0 Å². The molecule has 1 heterocycles. The average molecular weight is 313 g/mol. The normalized spacial score (nSPS) is 12.9. The predicted molar refractivity (Wildman–Crippen MR) is 90.8 cm³/mol. The van der Waals surface area contributed by atoms with Gasteiger partial charge in [-0.15, -0.1) is 0 Å². The zero-order valence-corrected chi connectivity index (χ0v) is 13.1. The van der Waals surface area contributed by atoms with Crippen molar-refractivity contribution in [1.82, 2.24) is 0 Å². The van der Waals surface area contributed by atoms with Crippen LogP contribution in [-0.4, -0.2) is 33.3 Å². The molecule has 2 N–H and O–H groups in total. The molecule has 3 rings (SSSR count). The van der Waals surface area contributed by atoms with Crippen LogP contribution in [0.4, 0.5) is 21.9 Å². The van der Waals surface area contributed by atoms with Crippen LogP contribution in [0.5, 0.6) is 11.5 Å². The number of carbonyl (C=O) groups is 1. The molecule has 1 aliphatic heterocycles. The quantitative estimate of drug-likeness (QED) is 0.913. The van der Waals surface area contributed by atoms with Crippen molar-refractivity contribution in [2.75, 3.05) is 42.8 Å². The summed E-state index contributed by atoms with van der Waals surface area (Å²) in [5, 5.41) is 6.19. The largest absolute Gasteiger partial charge is 0.497 e. The number of hydrogen-bond acceptors (Lipinski definition) is 4. The second-order valence-electron chi connectivity index (χ2n) is 5.09. The Bertz CT molecular complexity index is 718. The van der Waals surface area contributed by atoms with Crippen LogP contribution < -0.4 is 25.0 Å². The highest BCUT2D eigenvalue weighted by molar-refractivity contribution is 6.05. The number of methoxy groups -OCH3 is 2. The number of benzene rings is 2. The summed E-state index contributed by atoms with van der Waals surface area (Å²) in [5.74, 6) is 1.38. The van der Waals surface area contributed by atoms with Gasteiger partial charge in [0.1, 0.15) is 11.5 Å². The van der Waals surface area contributed by atoms with E-state index in [1.165, 1.54) is 0 Å². The van der Waals surface area contributed by atoms with E-state index < -0.39 is 0 Å². The summed E-state index contributed by atoms with van der Waals surface area (Å²) in [6.45, 7) is 1.26. The molecule has 0 radical (unpaired) electrons. The zero-order valence-electron chi connectivity index (χ0n) is 13.1. The smallest absolute Gasteiger partial charge is 0.326 e. The fourth-order valence-corrected chi connectivity index (χ4v) is 2.58. The Balaban J connectivity index is 1.84. The van der Waals surface area contributed by atoms with Crippen LogP contribution in [0.3, 0.4) is 0 Å². The van der Waals surface area contributed by atoms with E-state index in [-0.39, 0.29) is 6.03 Å². The molecule has 6 heteroatoms. The fraction of sp³-hybridized carbons (Fsp3) is 0.235. The Hall–Kier alpha value is -2.89. The topological polar surface area (TPSA) is 62.8 Å². The van der Waals surface area contributed by atoms with E-state index in [1.54, 1.807) is 19.1 Å². The Morgan fingerprint density at radius 3 is 2.78 bits per heavy atom. The molecule has 1 aliphatic rings. The van der Waals surface area contributed by atoms with E-state index in [0.717, 1.165) is 17.1 Å². The number of amides is 2. The minimum atomic E-state index is -0.192. The Morgan fingerprint density at radius 1 is 1.17 bits per heavy atom. The minimum absolute atomic E-state index is 0.192. The van der Waals surface area contributed by atoms with Gasteiger partial charge in [0.25, 0.3) is 0 Å². The molecule has 0 unspecified atom stereocenters. The molecule has 2 aromatic rings. The number of rotatable bonds is 3. The van der Waals surface area contributed by atoms with Crippen molar-refractivity contribution in [3.63, 3.8) is 0 Å². The van der Waals surface area contributed by atoms with Crippen molar-refractivity contribution in [2.45, 2.75) is 0 Å². The zero-order chi connectivity index (χ0) is 16.2. The SMILES string of the molecule is COc1ccc2c(c1)NCCN2C(=O)Nc1ccccc1OC. The molecule has 0 aliphatic carbocycles. The van der Waals surface area contributed by atoms with Crippen LogP contribution in [0.15, 0.2) is 42.5 Å². The Labute approximate surface area is 135 Å². The number of para-hydroxylation sites is 2. The van der Waals surface area contributed by atoms with E-state index in [1.807, 2.05) is 42.5 Å². The van der Waals surface area contributed by atoms with Crippen LogP contribution >= 0.6 is 0 Å². The lowest BCUT2D eigenvalue weighted by Gasteiger charge is -2.30. The van der Waals surface area contributed by atoms with Gasteiger partial charge in [-0.3, -0.25) is 4.90 Å². The van der Waals surface area contributed by atoms with Crippen LogP contribution in [-0.2, 0) is 0 Å². The summed E-state index contributed by atoms with van der Waals surface area (Å²) < 4.78 is 10.5. The second-order valence-corrected chi connectivity index (χ2v) is 5.09. The van der Waals surface area contributed by atoms with Crippen LogP contribution in [0.1, 0.15) is 0 Å². The Kier molecular flexibility index (Phi) is 4.23. The van der Waals surface area contributed by atoms with Gasteiger partial charge in [-0.05, 0) is 24.3 Å². The van der Waals surface area contributed by atoms with Crippen LogP contribution in [0.2, 0.25) is 0 Å². The summed E-state index contributed by atoms with van der Waals surface area (Å²) in [7, 11) is 3.20. The Morgan fingerprint density at radius 2 is 2.00 bits per heavy atom. The number of fused-ring (bicyclic) bond motifs is 1. The minimum Gasteiger partial charge on any atom is -0.497 e. The lowest BCUT2D eigenvalue weighted by Crippen LogP contribution is -2.41. The fourth-order valence-electron chi connectivity index (χ4n) is 2.58. The second kappa shape index (κ2) is 6.48. The van der Waals surface area contributed by atoms with E-state index in [4.69, 9.17) is 9.47 Å². The molecule has 2 aromatic carbocycles. The van der Waals surface area contributed by atoms with E-state index >= 15 is 0 Å². The number of urea groups is 1. The van der Waals surface area contributed by atoms with Gasteiger partial charge in [-0.1, -0.05) is 12.1 Å². The van der Waals surface area contributed by atoms with Gasteiger partial charge in [0.05, 0.1) is 31.3 Å². The van der Waals surface area contributed by atoms with Gasteiger partial charge < -0.3 is 20.1 Å². The maximum absolute atomic E-state index is 12.7. The molecule has 0 bridgehead atoms. The molecule has 6 nitrogen and oxygen atoms in total. The third-order valence-corrected chi connectivity index (χ3v) is 3.74. The average Bonchev–Trinajstić information content (AvgIpc) is 2.61. The lowest BCUT2D eigenvalue weighted by molar-refractivity contribution is 0.257. The molecule has 120 valence electrons. The van der Waals surface area contributed by atoms with Crippen molar-refractivity contribution in [3.8, 4) is 11.5 Å². The highest BCUT2D eigenvalue weighted by Gasteiger charge is 2.23. The van der Waals surface area contributed by atoms with Gasteiger partial charge >= 0.3 is 6.03 Å². The number of nitrogens with zero attached hydrogens (tertiary/aromatic N) is 1. The molecule has 2 amide bonds. The monoisotopic (exact) mass is 313 g/mol. The molecule has 0 aromatic heterocycles. The maximum atomic E-state index is 12.7. The number of anilines is 3. The maximum Gasteiger partial charge on any atom is 0.326 e. The number of carbonyl (C=O) groups excluding carboxylic acids is 1. The first-order chi connectivity index (χ1) is 11.2. The third kappa shape index (κ3) is 3.01. The molecule has 0 fully saturated rings. The summed E-state index contributed by atoms with van der Waals surface area (Å²) >= 11 is 0. The van der Waals surface area contributed by atoms with Gasteiger partial charge in [0.2, 0.25) is 0 Å². The highest BCUT2D eigenvalue weighted by Crippen LogP contribution is 2.33. The molecule has 0 saturated heterocycles. The van der Waals surface area contributed by atoms with Crippen molar-refractivity contribution in [2.24, 2.45) is 0 Å². The van der Waals surface area contributed by atoms with E-state index in [2.05, 4.69) is 10.6 Å². The summed E-state index contributed by atoms with van der Waals surface area (Å²) in [4.78, 5) is 14.4. The molecule has 0 saturated carbocycles. The predicted octanol–water partition coefficient (Wildman–Crippen LogP) is 3.17. The molecule has 0 atom stereocenters. The summed E-state index contributed by atoms with van der Waals surface area (Å²) in [6, 6.07) is 12.8. The molecular weight excluding hydrogens is 294 g/mol. The number of hydrogen-bond donors (Lipinski definition) is 2. The van der Waals surface area contributed by atoms with Crippen molar-refractivity contribution < 1.29 is 14.3 Å². The summed E-state index contributed by atoms with van der Waals surface area (Å²) in [6.07, 6.45) is 0. The molecule has 0 spiro atoms. The van der Waals surface area contributed by atoms with Crippen LogP contribution in [0.25, 0.3) is 0 Å². The van der Waals surface area contributed by atoms with Gasteiger partial charge in [-0.25, -0.2) is 4.79 Å². The first-order valence-corrected chi connectivity index (χ1v) is 7.36. The number of nitrogens with one attached hydrogen (secondary N) is 2. The van der Waals surface area contributed by atoms with Crippen molar-refractivity contribution >= 4 is 23.1 Å².